The molecule has 4 unspecified atom stereocenters. The molecule has 4 nitrogen and oxygen atoms in total. The molecular formula is C16H31O4P. The van der Waals surface area contributed by atoms with Gasteiger partial charge in [-0.25, -0.2) is 4.57 Å². The molecule has 2 saturated carbocycles. The Morgan fingerprint density at radius 2 is 1.86 bits per heavy atom. The molecule has 0 aromatic rings. The molecule has 0 aromatic heterocycles. The van der Waals surface area contributed by atoms with Gasteiger partial charge in [-0.05, 0) is 49.4 Å². The lowest BCUT2D eigenvalue weighted by molar-refractivity contribution is -0.0652. The summed E-state index contributed by atoms with van der Waals surface area (Å²) in [5, 5.41) is 0. The molecule has 0 spiro atoms. The van der Waals surface area contributed by atoms with Gasteiger partial charge in [0.15, 0.2) is 0 Å². The minimum Gasteiger partial charge on any atom is -0.303 e. The van der Waals surface area contributed by atoms with Crippen molar-refractivity contribution in [1.29, 1.82) is 0 Å². The van der Waals surface area contributed by atoms with Crippen molar-refractivity contribution in [3.8, 4) is 0 Å². The van der Waals surface area contributed by atoms with Gasteiger partial charge in [-0.2, -0.15) is 0 Å². The highest BCUT2D eigenvalue weighted by Crippen LogP contribution is 2.62. The highest BCUT2D eigenvalue weighted by Gasteiger charge is 2.57. The number of hydrogen-bond donors (Lipinski definition) is 2. The summed E-state index contributed by atoms with van der Waals surface area (Å²) in [4.78, 5) is 18.9. The van der Waals surface area contributed by atoms with Gasteiger partial charge in [0, 0.05) is 0 Å². The highest BCUT2D eigenvalue weighted by molar-refractivity contribution is 7.46. The van der Waals surface area contributed by atoms with Gasteiger partial charge in [-0.1, -0.05) is 46.5 Å². The number of hydrogen-bond acceptors (Lipinski definition) is 2. The van der Waals surface area contributed by atoms with Crippen molar-refractivity contribution in [3.63, 3.8) is 0 Å². The molecule has 0 heterocycles. The zero-order chi connectivity index (χ0) is 15.7. The Labute approximate surface area is 128 Å². The summed E-state index contributed by atoms with van der Waals surface area (Å²) >= 11 is 0. The van der Waals surface area contributed by atoms with Crippen molar-refractivity contribution in [1.82, 2.24) is 0 Å². The third-order valence-corrected chi connectivity index (χ3v) is 6.79. The number of rotatable bonds is 6. The Bertz CT molecular complexity index is 407. The van der Waals surface area contributed by atoms with E-state index in [1.807, 2.05) is 0 Å². The van der Waals surface area contributed by atoms with E-state index in [0.29, 0.717) is 5.92 Å². The number of phosphoric ester groups is 1. The molecule has 0 radical (unpaired) electrons. The van der Waals surface area contributed by atoms with E-state index in [4.69, 9.17) is 4.52 Å². The van der Waals surface area contributed by atoms with Crippen LogP contribution in [0.15, 0.2) is 0 Å². The van der Waals surface area contributed by atoms with Gasteiger partial charge < -0.3 is 9.79 Å². The average Bonchev–Trinajstić information content (AvgIpc) is 2.92. The average molecular weight is 318 g/mol. The van der Waals surface area contributed by atoms with E-state index >= 15 is 0 Å². The smallest absolute Gasteiger partial charge is 0.303 e. The van der Waals surface area contributed by atoms with E-state index in [2.05, 4.69) is 20.8 Å². The van der Waals surface area contributed by atoms with Crippen LogP contribution in [0.3, 0.4) is 0 Å². The Kier molecular flexibility index (Phi) is 5.25. The highest BCUT2D eigenvalue weighted by atomic mass is 31.2. The minimum absolute atomic E-state index is 0.176. The van der Waals surface area contributed by atoms with E-state index < -0.39 is 13.4 Å². The minimum atomic E-state index is -4.45. The first-order chi connectivity index (χ1) is 9.77. The maximum absolute atomic E-state index is 11.6. The van der Waals surface area contributed by atoms with Crippen molar-refractivity contribution in [2.45, 2.75) is 84.2 Å². The molecule has 0 amide bonds. The molecule has 0 aromatic carbocycles. The lowest BCUT2D eigenvalue weighted by Gasteiger charge is -2.47. The Morgan fingerprint density at radius 3 is 2.43 bits per heavy atom. The lowest BCUT2D eigenvalue weighted by atomic mass is 9.63. The Morgan fingerprint density at radius 1 is 1.19 bits per heavy atom. The molecule has 4 atom stereocenters. The van der Waals surface area contributed by atoms with Crippen molar-refractivity contribution < 1.29 is 18.9 Å². The zero-order valence-corrected chi connectivity index (χ0v) is 14.6. The zero-order valence-electron chi connectivity index (χ0n) is 13.7. The summed E-state index contributed by atoms with van der Waals surface area (Å²) in [6, 6.07) is 0. The summed E-state index contributed by atoms with van der Waals surface area (Å²) in [7, 11) is -4.45. The van der Waals surface area contributed by atoms with E-state index in [1.54, 1.807) is 0 Å². The lowest BCUT2D eigenvalue weighted by Crippen LogP contribution is -2.46. The van der Waals surface area contributed by atoms with Gasteiger partial charge in [-0.15, -0.1) is 0 Å². The fourth-order valence-electron chi connectivity index (χ4n) is 5.48. The van der Waals surface area contributed by atoms with E-state index in [1.165, 1.54) is 19.3 Å². The molecular weight excluding hydrogens is 287 g/mol. The van der Waals surface area contributed by atoms with Crippen molar-refractivity contribution in [2.75, 3.05) is 0 Å². The van der Waals surface area contributed by atoms with Crippen LogP contribution in [0.2, 0.25) is 0 Å². The molecule has 2 aliphatic carbocycles. The second kappa shape index (κ2) is 6.31. The third kappa shape index (κ3) is 3.39. The van der Waals surface area contributed by atoms with Crippen LogP contribution in [0, 0.1) is 17.3 Å². The first kappa shape index (κ1) is 17.5. The Balaban J connectivity index is 2.33. The van der Waals surface area contributed by atoms with Gasteiger partial charge in [0.05, 0.1) is 5.60 Å². The normalized spacial score (nSPS) is 40.8. The first-order valence-corrected chi connectivity index (χ1v) is 10.1. The molecule has 21 heavy (non-hydrogen) atoms. The third-order valence-electron chi connectivity index (χ3n) is 6.19. The topological polar surface area (TPSA) is 66.8 Å². The molecule has 2 rings (SSSR count). The van der Waals surface area contributed by atoms with Crippen molar-refractivity contribution >= 4 is 7.82 Å². The summed E-state index contributed by atoms with van der Waals surface area (Å²) < 4.78 is 17.0. The quantitative estimate of drug-likeness (QED) is 0.699. The van der Waals surface area contributed by atoms with E-state index in [0.717, 1.165) is 38.5 Å². The predicted octanol–water partition coefficient (Wildman–Crippen LogP) is 4.65. The van der Waals surface area contributed by atoms with Crippen LogP contribution >= 0.6 is 7.82 Å². The van der Waals surface area contributed by atoms with Crippen molar-refractivity contribution in [2.24, 2.45) is 17.3 Å². The molecule has 0 saturated heterocycles. The molecule has 5 heteroatoms. The first-order valence-electron chi connectivity index (χ1n) is 8.53. The van der Waals surface area contributed by atoms with Crippen LogP contribution in [0.1, 0.15) is 78.6 Å². The van der Waals surface area contributed by atoms with Crippen LogP contribution in [0.5, 0.6) is 0 Å². The second-order valence-electron chi connectivity index (χ2n) is 7.34. The van der Waals surface area contributed by atoms with E-state index in [9.17, 15) is 14.4 Å². The second-order valence-corrected chi connectivity index (χ2v) is 8.51. The molecule has 0 bridgehead atoms. The van der Waals surface area contributed by atoms with Crippen molar-refractivity contribution in [3.05, 3.63) is 0 Å². The van der Waals surface area contributed by atoms with Crippen LogP contribution in [0.4, 0.5) is 0 Å². The fourth-order valence-corrected chi connectivity index (χ4v) is 6.26. The van der Waals surface area contributed by atoms with Crippen LogP contribution < -0.4 is 0 Å². The van der Waals surface area contributed by atoms with Gasteiger partial charge >= 0.3 is 7.82 Å². The van der Waals surface area contributed by atoms with Crippen LogP contribution in [-0.2, 0) is 9.09 Å². The molecule has 2 N–H and O–H groups in total. The van der Waals surface area contributed by atoms with Gasteiger partial charge in [-0.3, -0.25) is 4.52 Å². The standard InChI is InChI=1S/C16H31O4P/c1-4-10-16(20-21(17,18)19)12-7-9-14(16)15(3)11-6-8-13(15)5-2/h13-14H,4-12H2,1-3H3,(H2,17,18,19). The number of phosphoric acid groups is 1. The monoisotopic (exact) mass is 318 g/mol. The predicted molar refractivity (Wildman–Crippen MR) is 83.8 cm³/mol. The summed E-state index contributed by atoms with van der Waals surface area (Å²) in [6.45, 7) is 6.67. The fraction of sp³-hybridized carbons (Fsp3) is 1.00. The molecule has 124 valence electrons. The largest absolute Gasteiger partial charge is 0.470 e. The maximum Gasteiger partial charge on any atom is 0.470 e. The molecule has 2 aliphatic rings. The van der Waals surface area contributed by atoms with Crippen LogP contribution in [0.25, 0.3) is 0 Å². The molecule has 0 aliphatic heterocycles. The van der Waals surface area contributed by atoms with Gasteiger partial charge in [0.1, 0.15) is 0 Å². The molecule has 2 fully saturated rings. The summed E-state index contributed by atoms with van der Waals surface area (Å²) in [5.41, 5.74) is -0.435. The Hall–Kier alpha value is 0.110. The van der Waals surface area contributed by atoms with E-state index in [-0.39, 0.29) is 11.3 Å². The summed E-state index contributed by atoms with van der Waals surface area (Å²) in [5.74, 6) is 0.947. The van der Waals surface area contributed by atoms with Crippen LogP contribution in [-0.4, -0.2) is 15.4 Å². The SMILES string of the molecule is CCCC1(OP(=O)(O)O)CCCC1C1(C)CCCC1CC. The maximum atomic E-state index is 11.6. The van der Waals surface area contributed by atoms with Gasteiger partial charge in [0.25, 0.3) is 0 Å². The summed E-state index contributed by atoms with van der Waals surface area (Å²) in [6.07, 6.45) is 9.35. The van der Waals surface area contributed by atoms with Gasteiger partial charge in [0.2, 0.25) is 0 Å².